The minimum Gasteiger partial charge on any atom is -0.318 e. The Labute approximate surface area is 119 Å². The van der Waals surface area contributed by atoms with Crippen molar-refractivity contribution >= 4 is 10.0 Å². The molecule has 4 rings (SSSR count). The summed E-state index contributed by atoms with van der Waals surface area (Å²) in [6.07, 6.45) is 6.33. The Bertz CT molecular complexity index is 610. The van der Waals surface area contributed by atoms with Crippen LogP contribution in [0.2, 0.25) is 0 Å². The van der Waals surface area contributed by atoms with E-state index < -0.39 is 10.0 Å². The number of imidazole rings is 1. The topological polar surface area (TPSA) is 67.2 Å². The van der Waals surface area contributed by atoms with Crippen molar-refractivity contribution in [2.75, 3.05) is 13.1 Å². The molecular formula is C13H20N4O2S. The third-order valence-electron chi connectivity index (χ3n) is 4.81. The van der Waals surface area contributed by atoms with Gasteiger partial charge in [0.05, 0.1) is 6.20 Å². The van der Waals surface area contributed by atoms with Crippen LogP contribution in [0.15, 0.2) is 11.2 Å². The molecule has 0 saturated carbocycles. The summed E-state index contributed by atoms with van der Waals surface area (Å²) in [4.78, 5) is 4.29. The van der Waals surface area contributed by atoms with Gasteiger partial charge in [-0.25, -0.2) is 13.4 Å². The summed E-state index contributed by atoms with van der Waals surface area (Å²) in [6, 6.07) is 0.271. The molecule has 0 radical (unpaired) electrons. The molecule has 3 aliphatic heterocycles. The predicted octanol–water partition coefficient (Wildman–Crippen LogP) is 0.344. The van der Waals surface area contributed by atoms with Gasteiger partial charge in [-0.1, -0.05) is 0 Å². The van der Waals surface area contributed by atoms with Gasteiger partial charge in [-0.05, 0) is 32.2 Å². The van der Waals surface area contributed by atoms with Crippen molar-refractivity contribution in [3.8, 4) is 0 Å². The average molecular weight is 296 g/mol. The predicted molar refractivity (Wildman–Crippen MR) is 73.9 cm³/mol. The van der Waals surface area contributed by atoms with Crippen LogP contribution in [-0.2, 0) is 23.0 Å². The first kappa shape index (κ1) is 12.8. The summed E-state index contributed by atoms with van der Waals surface area (Å²) in [7, 11) is -3.41. The molecule has 2 fully saturated rings. The van der Waals surface area contributed by atoms with Gasteiger partial charge < -0.3 is 9.88 Å². The van der Waals surface area contributed by atoms with Crippen LogP contribution < -0.4 is 5.32 Å². The molecule has 2 unspecified atom stereocenters. The molecule has 0 amide bonds. The third-order valence-corrected chi connectivity index (χ3v) is 6.82. The van der Waals surface area contributed by atoms with E-state index in [1.807, 2.05) is 4.57 Å². The summed E-state index contributed by atoms with van der Waals surface area (Å²) < 4.78 is 29.8. The Balaban J connectivity index is 1.76. The minimum absolute atomic E-state index is 0.111. The lowest BCUT2D eigenvalue weighted by Gasteiger charge is -2.26. The molecule has 6 nitrogen and oxygen atoms in total. The number of hydrogen-bond acceptors (Lipinski definition) is 4. The molecule has 1 N–H and O–H groups in total. The fourth-order valence-electron chi connectivity index (χ4n) is 3.88. The van der Waals surface area contributed by atoms with Crippen LogP contribution in [0.4, 0.5) is 0 Å². The molecule has 2 atom stereocenters. The Morgan fingerprint density at radius 1 is 1.25 bits per heavy atom. The van der Waals surface area contributed by atoms with Gasteiger partial charge in [-0.15, -0.1) is 0 Å². The summed E-state index contributed by atoms with van der Waals surface area (Å²) in [5.41, 5.74) is 0. The van der Waals surface area contributed by atoms with Crippen molar-refractivity contribution < 1.29 is 8.42 Å². The molecule has 110 valence electrons. The summed E-state index contributed by atoms with van der Waals surface area (Å²) in [5, 5.41) is 3.76. The number of sulfonamides is 1. The normalized spacial score (nSPS) is 30.4. The maximum Gasteiger partial charge on any atom is 0.260 e. The monoisotopic (exact) mass is 296 g/mol. The lowest BCUT2D eigenvalue weighted by atomic mass is 10.1. The van der Waals surface area contributed by atoms with E-state index in [1.165, 1.54) is 0 Å². The Hall–Kier alpha value is -0.920. The number of nitrogens with zero attached hydrogens (tertiary/aromatic N) is 3. The molecule has 0 spiro atoms. The van der Waals surface area contributed by atoms with Gasteiger partial charge in [0.15, 0.2) is 5.03 Å². The van der Waals surface area contributed by atoms with Crippen molar-refractivity contribution in [1.29, 1.82) is 0 Å². The Morgan fingerprint density at radius 3 is 3.00 bits per heavy atom. The number of nitrogens with one attached hydrogen (secondary N) is 1. The highest BCUT2D eigenvalue weighted by Gasteiger charge is 2.44. The van der Waals surface area contributed by atoms with Crippen LogP contribution in [0.5, 0.6) is 0 Å². The van der Waals surface area contributed by atoms with Gasteiger partial charge in [0.25, 0.3) is 10.0 Å². The second-order valence-electron chi connectivity index (χ2n) is 5.98. The fourth-order valence-corrected chi connectivity index (χ4v) is 5.93. The van der Waals surface area contributed by atoms with Gasteiger partial charge in [-0.3, -0.25) is 0 Å². The Kier molecular flexibility index (Phi) is 2.90. The second kappa shape index (κ2) is 4.54. The highest BCUT2D eigenvalue weighted by molar-refractivity contribution is 7.89. The first-order chi connectivity index (χ1) is 9.68. The van der Waals surface area contributed by atoms with E-state index in [-0.39, 0.29) is 12.1 Å². The van der Waals surface area contributed by atoms with E-state index in [2.05, 4.69) is 10.3 Å². The van der Waals surface area contributed by atoms with E-state index in [9.17, 15) is 8.42 Å². The molecule has 2 bridgehead atoms. The highest BCUT2D eigenvalue weighted by atomic mass is 32.2. The molecule has 1 aromatic rings. The first-order valence-electron chi connectivity index (χ1n) is 7.46. The van der Waals surface area contributed by atoms with E-state index >= 15 is 0 Å². The SMILES string of the molecule is O=S(=O)(c1cnc2n1CCC2)N1C2CCNCC1CC2. The van der Waals surface area contributed by atoms with Crippen LogP contribution in [0, 0.1) is 0 Å². The van der Waals surface area contributed by atoms with Gasteiger partial charge in [-0.2, -0.15) is 4.31 Å². The molecule has 2 saturated heterocycles. The average Bonchev–Trinajstić information content (AvgIpc) is 3.01. The summed E-state index contributed by atoms with van der Waals surface area (Å²) >= 11 is 0. The van der Waals surface area contributed by atoms with E-state index in [0.29, 0.717) is 5.03 Å². The van der Waals surface area contributed by atoms with Crippen molar-refractivity contribution in [2.45, 2.75) is 55.8 Å². The lowest BCUT2D eigenvalue weighted by molar-refractivity contribution is 0.331. The third kappa shape index (κ3) is 1.76. The lowest BCUT2D eigenvalue weighted by Crippen LogP contribution is -2.43. The van der Waals surface area contributed by atoms with Gasteiger partial charge >= 0.3 is 0 Å². The standard InChI is InChI=1S/C13H20N4O2S/c18-20(19,13-9-15-12-2-1-7-16(12)13)17-10-3-4-11(17)8-14-6-5-10/h9-11,14H,1-8H2. The maximum absolute atomic E-state index is 13.1. The molecule has 1 aromatic heterocycles. The number of aryl methyl sites for hydroxylation is 1. The van der Waals surface area contributed by atoms with E-state index in [4.69, 9.17) is 0 Å². The molecule has 3 aliphatic rings. The zero-order valence-electron chi connectivity index (χ0n) is 11.5. The van der Waals surface area contributed by atoms with E-state index in [1.54, 1.807) is 10.5 Å². The molecular weight excluding hydrogens is 276 g/mol. The number of aromatic nitrogens is 2. The van der Waals surface area contributed by atoms with Gasteiger partial charge in [0.2, 0.25) is 0 Å². The van der Waals surface area contributed by atoms with E-state index in [0.717, 1.165) is 57.6 Å². The largest absolute Gasteiger partial charge is 0.318 e. The number of rotatable bonds is 2. The number of fused-ring (bicyclic) bond motifs is 3. The molecule has 20 heavy (non-hydrogen) atoms. The van der Waals surface area contributed by atoms with Gasteiger partial charge in [0, 0.05) is 31.6 Å². The van der Waals surface area contributed by atoms with Crippen LogP contribution >= 0.6 is 0 Å². The van der Waals surface area contributed by atoms with Crippen LogP contribution in [0.25, 0.3) is 0 Å². The van der Waals surface area contributed by atoms with Gasteiger partial charge in [0.1, 0.15) is 5.82 Å². The van der Waals surface area contributed by atoms with Crippen LogP contribution in [0.3, 0.4) is 0 Å². The van der Waals surface area contributed by atoms with Crippen molar-refractivity contribution in [3.63, 3.8) is 0 Å². The van der Waals surface area contributed by atoms with Crippen LogP contribution in [-0.4, -0.2) is 47.4 Å². The molecule has 4 heterocycles. The van der Waals surface area contributed by atoms with Crippen molar-refractivity contribution in [1.82, 2.24) is 19.2 Å². The van der Waals surface area contributed by atoms with Crippen LogP contribution in [0.1, 0.15) is 31.5 Å². The zero-order chi connectivity index (χ0) is 13.7. The Morgan fingerprint density at radius 2 is 2.10 bits per heavy atom. The zero-order valence-corrected chi connectivity index (χ0v) is 12.3. The maximum atomic E-state index is 13.1. The minimum atomic E-state index is -3.41. The number of hydrogen-bond donors (Lipinski definition) is 1. The second-order valence-corrected chi connectivity index (χ2v) is 7.77. The molecule has 7 heteroatoms. The van der Waals surface area contributed by atoms with Crippen molar-refractivity contribution in [3.05, 3.63) is 12.0 Å². The fraction of sp³-hybridized carbons (Fsp3) is 0.769. The summed E-state index contributed by atoms with van der Waals surface area (Å²) in [5.74, 6) is 0.920. The molecule has 0 aliphatic carbocycles. The van der Waals surface area contributed by atoms with Crippen molar-refractivity contribution in [2.24, 2.45) is 0 Å². The first-order valence-corrected chi connectivity index (χ1v) is 8.90. The summed E-state index contributed by atoms with van der Waals surface area (Å²) in [6.45, 7) is 2.47. The highest BCUT2D eigenvalue weighted by Crippen LogP contribution is 2.34. The molecule has 0 aromatic carbocycles. The smallest absolute Gasteiger partial charge is 0.260 e. The quantitative estimate of drug-likeness (QED) is 0.855.